The molecule has 0 spiro atoms. The molecular weight excluding hydrogens is 399 g/mol. The van der Waals surface area contributed by atoms with E-state index < -0.39 is 0 Å². The van der Waals surface area contributed by atoms with E-state index in [0.717, 1.165) is 9.47 Å². The van der Waals surface area contributed by atoms with Crippen molar-refractivity contribution in [1.29, 1.82) is 0 Å². The average molecular weight is 417 g/mol. The van der Waals surface area contributed by atoms with Crippen LogP contribution < -0.4 is 10.6 Å². The summed E-state index contributed by atoms with van der Waals surface area (Å²) in [6.45, 7) is 0. The monoisotopic (exact) mass is 416 g/mol. The van der Waals surface area contributed by atoms with Crippen molar-refractivity contribution in [2.45, 2.75) is 42.5 Å². The number of hydrogen-bond donors (Lipinski definition) is 2. The highest BCUT2D eigenvalue weighted by atomic mass is 35.5. The van der Waals surface area contributed by atoms with Gasteiger partial charge in [0.2, 0.25) is 11.0 Å². The average Bonchev–Trinajstić information content (AvgIpc) is 3.05. The van der Waals surface area contributed by atoms with Gasteiger partial charge in [-0.1, -0.05) is 71.6 Å². The highest BCUT2D eigenvalue weighted by Gasteiger charge is 2.16. The van der Waals surface area contributed by atoms with Crippen LogP contribution in [0.15, 0.2) is 22.5 Å². The van der Waals surface area contributed by atoms with Crippen molar-refractivity contribution in [3.8, 4) is 0 Å². The summed E-state index contributed by atoms with van der Waals surface area (Å²) in [7, 11) is 0. The SMILES string of the molecule is O=C(CSc1nnc(NC2CCCCC2)s1)Nc1cccc(Cl)c1Cl. The zero-order valence-electron chi connectivity index (χ0n) is 13.4. The quantitative estimate of drug-likeness (QED) is 0.623. The van der Waals surface area contributed by atoms with Crippen LogP contribution in [0.5, 0.6) is 0 Å². The van der Waals surface area contributed by atoms with Gasteiger partial charge in [0.1, 0.15) is 0 Å². The second-order valence-corrected chi connectivity index (χ2v) is 8.78. The van der Waals surface area contributed by atoms with Crippen molar-refractivity contribution >= 4 is 63.0 Å². The van der Waals surface area contributed by atoms with Crippen molar-refractivity contribution in [1.82, 2.24) is 10.2 Å². The third kappa shape index (κ3) is 5.48. The Labute approximate surface area is 164 Å². The van der Waals surface area contributed by atoms with Crippen LogP contribution in [-0.2, 0) is 4.79 Å². The number of halogens is 2. The minimum Gasteiger partial charge on any atom is -0.357 e. The van der Waals surface area contributed by atoms with Gasteiger partial charge in [0.15, 0.2) is 4.34 Å². The number of anilines is 2. The van der Waals surface area contributed by atoms with Gasteiger partial charge >= 0.3 is 0 Å². The van der Waals surface area contributed by atoms with Crippen LogP contribution in [0.3, 0.4) is 0 Å². The second kappa shape index (κ2) is 9.07. The molecule has 0 unspecified atom stereocenters. The molecule has 2 N–H and O–H groups in total. The fourth-order valence-corrected chi connectivity index (χ4v) is 4.64. The molecule has 2 aromatic rings. The van der Waals surface area contributed by atoms with E-state index in [4.69, 9.17) is 23.2 Å². The molecule has 1 aromatic carbocycles. The first-order valence-corrected chi connectivity index (χ1v) is 10.6. The molecule has 1 aromatic heterocycles. The Balaban J connectivity index is 1.48. The van der Waals surface area contributed by atoms with Gasteiger partial charge in [-0.25, -0.2) is 0 Å². The summed E-state index contributed by atoms with van der Waals surface area (Å²) in [5.41, 5.74) is 0.511. The molecule has 1 saturated carbocycles. The number of aromatic nitrogens is 2. The van der Waals surface area contributed by atoms with Crippen molar-refractivity contribution in [2.24, 2.45) is 0 Å². The Morgan fingerprint density at radius 2 is 2.04 bits per heavy atom. The van der Waals surface area contributed by atoms with Crippen molar-refractivity contribution in [3.05, 3.63) is 28.2 Å². The van der Waals surface area contributed by atoms with Crippen LogP contribution in [0, 0.1) is 0 Å². The fraction of sp³-hybridized carbons (Fsp3) is 0.438. The van der Waals surface area contributed by atoms with Gasteiger partial charge in [-0.05, 0) is 25.0 Å². The van der Waals surface area contributed by atoms with Gasteiger partial charge in [-0.15, -0.1) is 10.2 Å². The number of carbonyl (C=O) groups excluding carboxylic acids is 1. The van der Waals surface area contributed by atoms with Crippen molar-refractivity contribution < 1.29 is 4.79 Å². The maximum absolute atomic E-state index is 12.1. The number of nitrogens with zero attached hydrogens (tertiary/aromatic N) is 2. The highest BCUT2D eigenvalue weighted by Crippen LogP contribution is 2.31. The second-order valence-electron chi connectivity index (χ2n) is 5.79. The minimum absolute atomic E-state index is 0.161. The number of benzene rings is 1. The molecule has 1 amide bonds. The molecule has 3 rings (SSSR count). The number of rotatable bonds is 6. The van der Waals surface area contributed by atoms with Crippen molar-refractivity contribution in [3.63, 3.8) is 0 Å². The number of nitrogens with one attached hydrogen (secondary N) is 2. The number of thioether (sulfide) groups is 1. The standard InChI is InChI=1S/C16H18Cl2N4OS2/c17-11-7-4-8-12(14(11)18)20-13(23)9-24-16-22-21-15(25-16)19-10-5-2-1-3-6-10/h4,7-8,10H,1-3,5-6,9H2,(H,19,21)(H,20,23). The summed E-state index contributed by atoms with van der Waals surface area (Å²) in [4.78, 5) is 12.1. The summed E-state index contributed by atoms with van der Waals surface area (Å²) in [5, 5.41) is 16.1. The molecule has 0 aliphatic heterocycles. The van der Waals surface area contributed by atoms with Crippen LogP contribution in [-0.4, -0.2) is 27.9 Å². The Kier molecular flexibility index (Phi) is 6.81. The molecule has 0 saturated heterocycles. The van der Waals surface area contributed by atoms with Gasteiger partial charge in [-0.2, -0.15) is 0 Å². The number of carbonyl (C=O) groups is 1. The van der Waals surface area contributed by atoms with Crippen LogP contribution in [0.2, 0.25) is 10.0 Å². The molecule has 1 aliphatic carbocycles. The van der Waals surface area contributed by atoms with E-state index in [2.05, 4.69) is 20.8 Å². The van der Waals surface area contributed by atoms with Gasteiger partial charge in [0.25, 0.3) is 0 Å². The van der Waals surface area contributed by atoms with Gasteiger partial charge in [0.05, 0.1) is 21.5 Å². The Morgan fingerprint density at radius 1 is 1.24 bits per heavy atom. The molecule has 134 valence electrons. The van der Waals surface area contributed by atoms with Crippen LogP contribution in [0.25, 0.3) is 0 Å². The summed E-state index contributed by atoms with van der Waals surface area (Å²) in [6.07, 6.45) is 6.23. The lowest BCUT2D eigenvalue weighted by Crippen LogP contribution is -2.21. The molecule has 0 radical (unpaired) electrons. The van der Waals surface area contributed by atoms with E-state index in [1.807, 2.05) is 0 Å². The van der Waals surface area contributed by atoms with Crippen LogP contribution in [0.4, 0.5) is 10.8 Å². The molecule has 9 heteroatoms. The first kappa shape index (κ1) is 18.8. The Bertz CT molecular complexity index is 735. The molecule has 1 aliphatic rings. The lowest BCUT2D eigenvalue weighted by atomic mass is 9.96. The Hall–Kier alpha value is -1.02. The minimum atomic E-state index is -0.161. The normalized spacial score (nSPS) is 15.1. The van der Waals surface area contributed by atoms with E-state index in [1.165, 1.54) is 55.2 Å². The third-order valence-corrected chi connectivity index (χ3v) is 6.70. The zero-order valence-corrected chi connectivity index (χ0v) is 16.6. The first-order valence-electron chi connectivity index (χ1n) is 8.08. The highest BCUT2D eigenvalue weighted by molar-refractivity contribution is 8.01. The molecule has 0 bridgehead atoms. The third-order valence-electron chi connectivity index (χ3n) is 3.89. The number of hydrogen-bond acceptors (Lipinski definition) is 6. The maximum Gasteiger partial charge on any atom is 0.234 e. The maximum atomic E-state index is 12.1. The Morgan fingerprint density at radius 3 is 2.84 bits per heavy atom. The molecule has 1 heterocycles. The smallest absolute Gasteiger partial charge is 0.234 e. The summed E-state index contributed by atoms with van der Waals surface area (Å²) < 4.78 is 0.769. The van der Waals surface area contributed by atoms with E-state index in [9.17, 15) is 4.79 Å². The topological polar surface area (TPSA) is 66.9 Å². The fourth-order valence-electron chi connectivity index (χ4n) is 2.66. The largest absolute Gasteiger partial charge is 0.357 e. The van der Waals surface area contributed by atoms with Crippen LogP contribution >= 0.6 is 46.3 Å². The lowest BCUT2D eigenvalue weighted by molar-refractivity contribution is -0.113. The van der Waals surface area contributed by atoms with E-state index >= 15 is 0 Å². The predicted octanol–water partition coefficient (Wildman–Crippen LogP) is 5.32. The summed E-state index contributed by atoms with van der Waals surface area (Å²) >= 11 is 14.8. The van der Waals surface area contributed by atoms with E-state index in [1.54, 1.807) is 18.2 Å². The van der Waals surface area contributed by atoms with Gasteiger partial charge < -0.3 is 10.6 Å². The first-order chi connectivity index (χ1) is 12.1. The van der Waals surface area contributed by atoms with E-state index in [0.29, 0.717) is 21.8 Å². The van der Waals surface area contributed by atoms with Crippen molar-refractivity contribution in [2.75, 3.05) is 16.4 Å². The summed E-state index contributed by atoms with van der Waals surface area (Å²) in [5.74, 6) is 0.0760. The molecule has 25 heavy (non-hydrogen) atoms. The van der Waals surface area contributed by atoms with Crippen LogP contribution in [0.1, 0.15) is 32.1 Å². The van der Waals surface area contributed by atoms with E-state index in [-0.39, 0.29) is 11.7 Å². The van der Waals surface area contributed by atoms with Gasteiger partial charge in [0, 0.05) is 6.04 Å². The predicted molar refractivity (Wildman–Crippen MR) is 106 cm³/mol. The molecule has 1 fully saturated rings. The summed E-state index contributed by atoms with van der Waals surface area (Å²) in [6, 6.07) is 5.63. The lowest BCUT2D eigenvalue weighted by Gasteiger charge is -2.21. The zero-order chi connectivity index (χ0) is 17.6. The number of amides is 1. The van der Waals surface area contributed by atoms with Gasteiger partial charge in [-0.3, -0.25) is 4.79 Å². The molecular formula is C16H18Cl2N4OS2. The molecule has 5 nitrogen and oxygen atoms in total. The molecule has 0 atom stereocenters.